The van der Waals surface area contributed by atoms with Crippen LogP contribution in [0, 0.1) is 11.7 Å². The Morgan fingerprint density at radius 2 is 2.10 bits per heavy atom. The van der Waals surface area contributed by atoms with Crippen LogP contribution >= 0.6 is 0 Å². The highest BCUT2D eigenvalue weighted by molar-refractivity contribution is 5.79. The molecule has 2 unspecified atom stereocenters. The van der Waals surface area contributed by atoms with Crippen LogP contribution in [-0.4, -0.2) is 26.1 Å². The number of carbonyl (C=O) groups is 1. The molecule has 0 aliphatic rings. The second kappa shape index (κ2) is 7.85. The molecule has 112 valence electrons. The van der Waals surface area contributed by atoms with Gasteiger partial charge in [0.05, 0.1) is 13.2 Å². The number of amides is 1. The molecular weight excluding hydrogens is 259 g/mol. The van der Waals surface area contributed by atoms with E-state index in [1.807, 2.05) is 20.8 Å². The minimum absolute atomic E-state index is 0.0650. The van der Waals surface area contributed by atoms with E-state index in [1.165, 1.54) is 19.2 Å². The Kier molecular flexibility index (Phi) is 6.45. The minimum atomic E-state index is -0.345. The first-order valence-electron chi connectivity index (χ1n) is 6.84. The van der Waals surface area contributed by atoms with E-state index < -0.39 is 0 Å². The molecule has 1 rings (SSSR count). The third-order valence-electron chi connectivity index (χ3n) is 3.17. The van der Waals surface area contributed by atoms with Crippen LogP contribution < -0.4 is 15.4 Å². The molecular formula is C15H23FN2O2. The quantitative estimate of drug-likeness (QED) is 0.806. The van der Waals surface area contributed by atoms with Gasteiger partial charge in [-0.25, -0.2) is 4.39 Å². The van der Waals surface area contributed by atoms with Crippen molar-refractivity contribution < 1.29 is 13.9 Å². The Balaban J connectivity index is 2.73. The molecule has 0 aliphatic heterocycles. The van der Waals surface area contributed by atoms with Gasteiger partial charge < -0.3 is 15.4 Å². The molecule has 0 spiro atoms. The van der Waals surface area contributed by atoms with E-state index in [0.29, 0.717) is 17.9 Å². The van der Waals surface area contributed by atoms with Crippen molar-refractivity contribution >= 4 is 5.91 Å². The summed E-state index contributed by atoms with van der Waals surface area (Å²) in [7, 11) is 1.53. The lowest BCUT2D eigenvalue weighted by molar-refractivity contribution is -0.125. The predicted octanol–water partition coefficient (Wildman–Crippen LogP) is 2.26. The summed E-state index contributed by atoms with van der Waals surface area (Å²) in [6.45, 7) is 7.10. The van der Waals surface area contributed by atoms with Gasteiger partial charge in [0, 0.05) is 18.0 Å². The summed E-state index contributed by atoms with van der Waals surface area (Å²) in [5.41, 5.74) is 0.636. The summed E-state index contributed by atoms with van der Waals surface area (Å²) in [6.07, 6.45) is 0. The summed E-state index contributed by atoms with van der Waals surface area (Å²) < 4.78 is 18.5. The number of carbonyl (C=O) groups excluding carboxylic acids is 1. The summed E-state index contributed by atoms with van der Waals surface area (Å²) in [6, 6.07) is 3.98. The van der Waals surface area contributed by atoms with E-state index in [0.717, 1.165) is 6.54 Å². The van der Waals surface area contributed by atoms with Gasteiger partial charge in [0.15, 0.2) is 0 Å². The van der Waals surface area contributed by atoms with Gasteiger partial charge in [-0.15, -0.1) is 0 Å². The molecule has 2 N–H and O–H groups in total. The first-order chi connectivity index (χ1) is 9.49. The van der Waals surface area contributed by atoms with Crippen LogP contribution in [0.15, 0.2) is 18.2 Å². The van der Waals surface area contributed by atoms with Crippen molar-refractivity contribution in [2.75, 3.05) is 20.2 Å². The molecule has 4 nitrogen and oxygen atoms in total. The van der Waals surface area contributed by atoms with Gasteiger partial charge in [-0.3, -0.25) is 4.79 Å². The molecule has 2 atom stereocenters. The van der Waals surface area contributed by atoms with Crippen molar-refractivity contribution in [3.63, 3.8) is 0 Å². The van der Waals surface area contributed by atoms with Gasteiger partial charge in [0.25, 0.3) is 0 Å². The fourth-order valence-corrected chi connectivity index (χ4v) is 1.93. The molecule has 0 aromatic heterocycles. The number of benzene rings is 1. The Hall–Kier alpha value is -1.62. The first kappa shape index (κ1) is 16.4. The largest absolute Gasteiger partial charge is 0.496 e. The van der Waals surface area contributed by atoms with Crippen molar-refractivity contribution in [1.29, 1.82) is 0 Å². The van der Waals surface area contributed by atoms with Gasteiger partial charge in [-0.1, -0.05) is 13.8 Å². The predicted molar refractivity (Wildman–Crippen MR) is 77.2 cm³/mol. The molecule has 0 bridgehead atoms. The van der Waals surface area contributed by atoms with Gasteiger partial charge in [0.2, 0.25) is 5.91 Å². The fraction of sp³-hybridized carbons (Fsp3) is 0.533. The molecule has 20 heavy (non-hydrogen) atoms. The number of rotatable bonds is 7. The van der Waals surface area contributed by atoms with E-state index in [-0.39, 0.29) is 23.7 Å². The van der Waals surface area contributed by atoms with Crippen LogP contribution in [0.25, 0.3) is 0 Å². The van der Waals surface area contributed by atoms with E-state index in [4.69, 9.17) is 4.74 Å². The Morgan fingerprint density at radius 3 is 2.70 bits per heavy atom. The van der Waals surface area contributed by atoms with Gasteiger partial charge in [-0.05, 0) is 31.7 Å². The summed E-state index contributed by atoms with van der Waals surface area (Å²) in [4.78, 5) is 12.0. The average molecular weight is 282 g/mol. The zero-order valence-electron chi connectivity index (χ0n) is 12.5. The molecule has 5 heteroatoms. The van der Waals surface area contributed by atoms with Crippen molar-refractivity contribution in [1.82, 2.24) is 10.6 Å². The molecule has 1 amide bonds. The maximum atomic E-state index is 13.3. The highest BCUT2D eigenvalue weighted by atomic mass is 19.1. The Labute approximate surface area is 119 Å². The molecule has 0 heterocycles. The highest BCUT2D eigenvalue weighted by Gasteiger charge is 2.18. The summed E-state index contributed by atoms with van der Waals surface area (Å²) in [5.74, 6) is 0.0165. The maximum absolute atomic E-state index is 13.3. The lowest BCUT2D eigenvalue weighted by Gasteiger charge is -2.20. The van der Waals surface area contributed by atoms with Crippen LogP contribution in [-0.2, 0) is 4.79 Å². The topological polar surface area (TPSA) is 50.4 Å². The zero-order valence-corrected chi connectivity index (χ0v) is 12.5. The molecule has 0 fully saturated rings. The van der Waals surface area contributed by atoms with Crippen LogP contribution in [0.1, 0.15) is 32.4 Å². The molecule has 0 saturated carbocycles. The van der Waals surface area contributed by atoms with Crippen molar-refractivity contribution in [2.45, 2.75) is 26.8 Å². The minimum Gasteiger partial charge on any atom is -0.496 e. The van der Waals surface area contributed by atoms with Crippen molar-refractivity contribution in [3.8, 4) is 5.75 Å². The smallest absolute Gasteiger partial charge is 0.224 e. The normalized spacial score (nSPS) is 13.7. The molecule has 0 saturated heterocycles. The number of hydrogen-bond acceptors (Lipinski definition) is 3. The first-order valence-corrected chi connectivity index (χ1v) is 6.84. The van der Waals surface area contributed by atoms with E-state index >= 15 is 0 Å². The van der Waals surface area contributed by atoms with Crippen LogP contribution in [0.3, 0.4) is 0 Å². The average Bonchev–Trinajstić information content (AvgIpc) is 2.44. The Bertz CT molecular complexity index is 451. The van der Waals surface area contributed by atoms with Gasteiger partial charge in [-0.2, -0.15) is 0 Å². The number of ether oxygens (including phenoxy) is 1. The molecule has 1 aromatic carbocycles. The third kappa shape index (κ3) is 4.49. The van der Waals surface area contributed by atoms with Gasteiger partial charge in [0.1, 0.15) is 11.6 Å². The summed E-state index contributed by atoms with van der Waals surface area (Å²) in [5, 5.41) is 6.01. The molecule has 0 radical (unpaired) electrons. The maximum Gasteiger partial charge on any atom is 0.224 e. The second-order valence-corrected chi connectivity index (χ2v) is 4.83. The SMILES string of the molecule is CCNCC(C)C(=O)NC(C)c1cc(F)ccc1OC. The third-order valence-corrected chi connectivity index (χ3v) is 3.17. The lowest BCUT2D eigenvalue weighted by atomic mass is 10.1. The van der Waals surface area contributed by atoms with Crippen molar-refractivity contribution in [3.05, 3.63) is 29.6 Å². The number of methoxy groups -OCH3 is 1. The van der Waals surface area contributed by atoms with Crippen LogP contribution in [0.4, 0.5) is 4.39 Å². The Morgan fingerprint density at radius 1 is 1.40 bits per heavy atom. The standard InChI is InChI=1S/C15H23FN2O2/c1-5-17-9-10(2)15(19)18-11(3)13-8-12(16)6-7-14(13)20-4/h6-8,10-11,17H,5,9H2,1-4H3,(H,18,19). The highest BCUT2D eigenvalue weighted by Crippen LogP contribution is 2.25. The van der Waals surface area contributed by atoms with E-state index in [9.17, 15) is 9.18 Å². The zero-order chi connectivity index (χ0) is 15.1. The second-order valence-electron chi connectivity index (χ2n) is 4.83. The molecule has 0 aliphatic carbocycles. The van der Waals surface area contributed by atoms with Crippen LogP contribution in [0.5, 0.6) is 5.75 Å². The van der Waals surface area contributed by atoms with E-state index in [2.05, 4.69) is 10.6 Å². The van der Waals surface area contributed by atoms with Crippen LogP contribution in [0.2, 0.25) is 0 Å². The number of halogens is 1. The number of nitrogens with one attached hydrogen (secondary N) is 2. The van der Waals surface area contributed by atoms with E-state index in [1.54, 1.807) is 6.07 Å². The lowest BCUT2D eigenvalue weighted by Crippen LogP contribution is -2.36. The fourth-order valence-electron chi connectivity index (χ4n) is 1.93. The summed E-state index contributed by atoms with van der Waals surface area (Å²) >= 11 is 0. The monoisotopic (exact) mass is 282 g/mol. The van der Waals surface area contributed by atoms with Gasteiger partial charge >= 0.3 is 0 Å². The van der Waals surface area contributed by atoms with Crippen molar-refractivity contribution in [2.24, 2.45) is 5.92 Å². The number of hydrogen-bond donors (Lipinski definition) is 2. The molecule has 1 aromatic rings.